The number of nitrogens with zero attached hydrogens (tertiary/aromatic N) is 3. The third-order valence-corrected chi connectivity index (χ3v) is 4.10. The zero-order valence-corrected chi connectivity index (χ0v) is 12.0. The summed E-state index contributed by atoms with van der Waals surface area (Å²) in [6.07, 6.45) is 1.03. The third-order valence-electron chi connectivity index (χ3n) is 4.10. The fourth-order valence-electron chi connectivity index (χ4n) is 2.60. The van der Waals surface area contributed by atoms with Crippen molar-refractivity contribution in [1.82, 2.24) is 15.1 Å². The highest BCUT2D eigenvalue weighted by Gasteiger charge is 2.45. The second kappa shape index (κ2) is 5.19. The Hall–Kier alpha value is -1.98. The highest BCUT2D eigenvalue weighted by atomic mass is 16.4. The van der Waals surface area contributed by atoms with E-state index < -0.39 is 11.4 Å². The molecule has 2 rings (SSSR count). The van der Waals surface area contributed by atoms with Crippen LogP contribution < -0.4 is 0 Å². The second-order valence-corrected chi connectivity index (χ2v) is 5.40. The van der Waals surface area contributed by atoms with Crippen molar-refractivity contribution in [3.8, 4) is 0 Å². The fraction of sp³-hybridized carbons (Fsp3) is 0.571. The van der Waals surface area contributed by atoms with E-state index in [2.05, 4.69) is 10.2 Å². The maximum atomic E-state index is 12.5. The number of aliphatic carboxylic acids is 1. The number of carboxylic acid groups (broad SMARTS) is 1. The standard InChI is InChI=1S/C14H19N3O3/c1-4-14(13(19)20)5-6-17(8-14)12(18)11-7-9(2)15-16-10(11)3/h7H,4-6,8H2,1-3H3,(H,19,20). The van der Waals surface area contributed by atoms with E-state index in [0.717, 1.165) is 0 Å². The van der Waals surface area contributed by atoms with Gasteiger partial charge in [-0.15, -0.1) is 0 Å². The lowest BCUT2D eigenvalue weighted by Gasteiger charge is -2.23. The van der Waals surface area contributed by atoms with Gasteiger partial charge in [0.05, 0.1) is 22.4 Å². The Morgan fingerprint density at radius 3 is 2.65 bits per heavy atom. The first-order valence-electron chi connectivity index (χ1n) is 6.73. The molecule has 0 spiro atoms. The lowest BCUT2D eigenvalue weighted by molar-refractivity contribution is -0.148. The number of likely N-dealkylation sites (tertiary alicyclic amines) is 1. The number of hydrogen-bond acceptors (Lipinski definition) is 4. The monoisotopic (exact) mass is 277 g/mol. The molecule has 1 saturated heterocycles. The lowest BCUT2D eigenvalue weighted by atomic mass is 9.84. The van der Waals surface area contributed by atoms with Crippen LogP contribution in [0.2, 0.25) is 0 Å². The molecular formula is C14H19N3O3. The zero-order valence-electron chi connectivity index (χ0n) is 12.0. The maximum Gasteiger partial charge on any atom is 0.311 e. The highest BCUT2D eigenvalue weighted by molar-refractivity contribution is 5.96. The Morgan fingerprint density at radius 2 is 2.10 bits per heavy atom. The van der Waals surface area contributed by atoms with Crippen LogP contribution in [0.4, 0.5) is 0 Å². The van der Waals surface area contributed by atoms with E-state index in [-0.39, 0.29) is 12.5 Å². The largest absolute Gasteiger partial charge is 0.481 e. The van der Waals surface area contributed by atoms with Gasteiger partial charge in [0.2, 0.25) is 0 Å². The number of carbonyl (C=O) groups is 2. The van der Waals surface area contributed by atoms with Gasteiger partial charge < -0.3 is 10.0 Å². The Balaban J connectivity index is 2.24. The molecule has 2 heterocycles. The molecule has 0 aromatic carbocycles. The summed E-state index contributed by atoms with van der Waals surface area (Å²) in [7, 11) is 0. The van der Waals surface area contributed by atoms with Crippen molar-refractivity contribution in [2.24, 2.45) is 5.41 Å². The first-order chi connectivity index (χ1) is 9.39. The van der Waals surface area contributed by atoms with Crippen LogP contribution in [0.25, 0.3) is 0 Å². The molecule has 6 heteroatoms. The van der Waals surface area contributed by atoms with E-state index >= 15 is 0 Å². The topological polar surface area (TPSA) is 83.4 Å². The average Bonchev–Trinajstić information content (AvgIpc) is 2.86. The molecule has 1 atom stereocenters. The van der Waals surface area contributed by atoms with Crippen LogP contribution in [0.1, 0.15) is 41.5 Å². The van der Waals surface area contributed by atoms with E-state index in [9.17, 15) is 14.7 Å². The minimum absolute atomic E-state index is 0.155. The summed E-state index contributed by atoms with van der Waals surface area (Å²) in [4.78, 5) is 25.5. The summed E-state index contributed by atoms with van der Waals surface area (Å²) in [6, 6.07) is 1.71. The van der Waals surface area contributed by atoms with E-state index in [0.29, 0.717) is 36.3 Å². The lowest BCUT2D eigenvalue weighted by Crippen LogP contribution is -2.36. The second-order valence-electron chi connectivity index (χ2n) is 5.40. The number of amides is 1. The summed E-state index contributed by atoms with van der Waals surface area (Å²) in [6.45, 7) is 6.10. The van der Waals surface area contributed by atoms with Crippen molar-refractivity contribution in [1.29, 1.82) is 0 Å². The quantitative estimate of drug-likeness (QED) is 0.903. The number of rotatable bonds is 3. The van der Waals surface area contributed by atoms with Crippen molar-refractivity contribution in [2.45, 2.75) is 33.6 Å². The average molecular weight is 277 g/mol. The molecule has 0 radical (unpaired) electrons. The molecule has 1 aliphatic heterocycles. The number of aryl methyl sites for hydroxylation is 2. The van der Waals surface area contributed by atoms with Gasteiger partial charge in [-0.05, 0) is 32.8 Å². The number of hydrogen-bond donors (Lipinski definition) is 1. The molecular weight excluding hydrogens is 258 g/mol. The van der Waals surface area contributed by atoms with Crippen LogP contribution in [0.3, 0.4) is 0 Å². The molecule has 0 bridgehead atoms. The first kappa shape index (κ1) is 14.4. The third kappa shape index (κ3) is 2.37. The predicted octanol–water partition coefficient (Wildman–Crippen LogP) is 1.42. The van der Waals surface area contributed by atoms with E-state index in [1.807, 2.05) is 6.92 Å². The molecule has 1 aromatic rings. The van der Waals surface area contributed by atoms with E-state index in [1.54, 1.807) is 24.8 Å². The van der Waals surface area contributed by atoms with Gasteiger partial charge in [0.15, 0.2) is 0 Å². The molecule has 1 aromatic heterocycles. The summed E-state index contributed by atoms with van der Waals surface area (Å²) in [5.41, 5.74) is 0.955. The molecule has 1 fully saturated rings. The Kier molecular flexibility index (Phi) is 3.74. The molecule has 6 nitrogen and oxygen atoms in total. The van der Waals surface area contributed by atoms with E-state index in [1.165, 1.54) is 0 Å². The van der Waals surface area contributed by atoms with E-state index in [4.69, 9.17) is 0 Å². The Bertz CT molecular complexity index is 559. The summed E-state index contributed by atoms with van der Waals surface area (Å²) >= 11 is 0. The normalized spacial score (nSPS) is 22.1. The SMILES string of the molecule is CCC1(C(=O)O)CCN(C(=O)c2cc(C)nnc2C)C1. The minimum Gasteiger partial charge on any atom is -0.481 e. The molecule has 1 N–H and O–H groups in total. The summed E-state index contributed by atoms with van der Waals surface area (Å²) in [5, 5.41) is 17.2. The fourth-order valence-corrected chi connectivity index (χ4v) is 2.60. The number of aromatic nitrogens is 2. The maximum absolute atomic E-state index is 12.5. The van der Waals surface area contributed by atoms with Crippen LogP contribution in [0, 0.1) is 19.3 Å². The van der Waals surface area contributed by atoms with Gasteiger partial charge in [-0.2, -0.15) is 10.2 Å². The Morgan fingerprint density at radius 1 is 1.40 bits per heavy atom. The van der Waals surface area contributed by atoms with Gasteiger partial charge in [-0.3, -0.25) is 9.59 Å². The zero-order chi connectivity index (χ0) is 14.9. The highest BCUT2D eigenvalue weighted by Crippen LogP contribution is 2.35. The molecule has 0 aliphatic carbocycles. The van der Waals surface area contributed by atoms with Crippen LogP contribution in [-0.2, 0) is 4.79 Å². The first-order valence-corrected chi connectivity index (χ1v) is 6.73. The van der Waals surface area contributed by atoms with Crippen molar-refractivity contribution in [3.05, 3.63) is 23.0 Å². The van der Waals surface area contributed by atoms with Gasteiger partial charge in [-0.1, -0.05) is 6.92 Å². The van der Waals surface area contributed by atoms with Crippen molar-refractivity contribution in [3.63, 3.8) is 0 Å². The number of carbonyl (C=O) groups excluding carboxylic acids is 1. The van der Waals surface area contributed by atoms with Crippen molar-refractivity contribution < 1.29 is 14.7 Å². The molecule has 1 amide bonds. The smallest absolute Gasteiger partial charge is 0.311 e. The van der Waals surface area contributed by atoms with Gasteiger partial charge in [0.25, 0.3) is 5.91 Å². The summed E-state index contributed by atoms with van der Waals surface area (Å²) in [5.74, 6) is -0.979. The predicted molar refractivity (Wildman–Crippen MR) is 72.4 cm³/mol. The summed E-state index contributed by atoms with van der Waals surface area (Å²) < 4.78 is 0. The van der Waals surface area contributed by atoms with Crippen molar-refractivity contribution in [2.75, 3.05) is 13.1 Å². The Labute approximate surface area is 117 Å². The van der Waals surface area contributed by atoms with Gasteiger partial charge >= 0.3 is 5.97 Å². The van der Waals surface area contributed by atoms with Crippen LogP contribution in [0.5, 0.6) is 0 Å². The molecule has 20 heavy (non-hydrogen) atoms. The van der Waals surface area contributed by atoms with Crippen LogP contribution in [0.15, 0.2) is 6.07 Å². The minimum atomic E-state index is -0.823. The van der Waals surface area contributed by atoms with Gasteiger partial charge in [-0.25, -0.2) is 0 Å². The molecule has 108 valence electrons. The van der Waals surface area contributed by atoms with Crippen molar-refractivity contribution >= 4 is 11.9 Å². The van der Waals surface area contributed by atoms with Gasteiger partial charge in [0.1, 0.15) is 0 Å². The number of carboxylic acids is 1. The molecule has 0 saturated carbocycles. The van der Waals surface area contributed by atoms with Gasteiger partial charge in [0, 0.05) is 13.1 Å². The molecule has 1 unspecified atom stereocenters. The van der Waals surface area contributed by atoms with Crippen LogP contribution in [-0.4, -0.2) is 45.2 Å². The molecule has 1 aliphatic rings. The van der Waals surface area contributed by atoms with Crippen LogP contribution >= 0.6 is 0 Å².